The monoisotopic (exact) mass is 345 g/mol. The molecule has 1 N–H and O–H groups in total. The summed E-state index contributed by atoms with van der Waals surface area (Å²) in [6.45, 7) is 1.58. The lowest BCUT2D eigenvalue weighted by atomic mass is 10.1. The summed E-state index contributed by atoms with van der Waals surface area (Å²) in [5, 5.41) is 3.31. The van der Waals surface area contributed by atoms with Crippen LogP contribution in [-0.4, -0.2) is 6.54 Å². The molecule has 1 heterocycles. The summed E-state index contributed by atoms with van der Waals surface area (Å²) in [7, 11) is 0. The lowest BCUT2D eigenvalue weighted by Crippen LogP contribution is -2.16. The van der Waals surface area contributed by atoms with Crippen molar-refractivity contribution in [1.29, 1.82) is 0 Å². The molecule has 0 spiro atoms. The molecule has 0 atom stereocenters. The Morgan fingerprint density at radius 2 is 1.84 bits per heavy atom. The molecule has 0 unspecified atom stereocenters. The van der Waals surface area contributed by atoms with E-state index < -0.39 is 6.43 Å². The first-order valence-electron chi connectivity index (χ1n) is 5.97. The van der Waals surface area contributed by atoms with Crippen molar-refractivity contribution >= 4 is 27.3 Å². The van der Waals surface area contributed by atoms with Crippen molar-refractivity contribution in [3.8, 4) is 0 Å². The minimum atomic E-state index is -2.39. The SMILES string of the molecule is FC(F)c1ccc(CNCCc2ccc(Br)s2)cc1. The van der Waals surface area contributed by atoms with Crippen LogP contribution in [0.1, 0.15) is 22.4 Å². The van der Waals surface area contributed by atoms with Crippen molar-refractivity contribution in [1.82, 2.24) is 5.32 Å². The molecule has 19 heavy (non-hydrogen) atoms. The zero-order valence-corrected chi connectivity index (χ0v) is 12.6. The van der Waals surface area contributed by atoms with Gasteiger partial charge in [0.05, 0.1) is 3.79 Å². The van der Waals surface area contributed by atoms with Crippen molar-refractivity contribution in [2.24, 2.45) is 0 Å². The summed E-state index contributed by atoms with van der Waals surface area (Å²) in [6, 6.07) is 10.6. The highest BCUT2D eigenvalue weighted by molar-refractivity contribution is 9.11. The van der Waals surface area contributed by atoms with Crippen molar-refractivity contribution in [3.05, 3.63) is 56.2 Å². The van der Waals surface area contributed by atoms with Gasteiger partial charge in [-0.3, -0.25) is 0 Å². The van der Waals surface area contributed by atoms with Gasteiger partial charge in [-0.1, -0.05) is 24.3 Å². The summed E-state index contributed by atoms with van der Waals surface area (Å²) < 4.78 is 25.9. The van der Waals surface area contributed by atoms with E-state index in [0.717, 1.165) is 22.3 Å². The number of hydrogen-bond acceptors (Lipinski definition) is 2. The minimum absolute atomic E-state index is 0.0761. The Hall–Kier alpha value is -0.780. The molecule has 1 aromatic carbocycles. The first-order chi connectivity index (χ1) is 9.15. The maximum absolute atomic E-state index is 12.4. The van der Waals surface area contributed by atoms with E-state index >= 15 is 0 Å². The van der Waals surface area contributed by atoms with Gasteiger partial charge in [-0.05, 0) is 40.0 Å². The highest BCUT2D eigenvalue weighted by Crippen LogP contribution is 2.22. The molecule has 1 nitrogen and oxygen atoms in total. The number of nitrogens with one attached hydrogen (secondary N) is 1. The smallest absolute Gasteiger partial charge is 0.263 e. The number of halogens is 3. The summed E-state index contributed by atoms with van der Waals surface area (Å²) in [6.07, 6.45) is -1.41. The van der Waals surface area contributed by atoms with Gasteiger partial charge in [-0.2, -0.15) is 0 Å². The molecule has 0 radical (unpaired) electrons. The molecule has 0 aliphatic carbocycles. The first-order valence-corrected chi connectivity index (χ1v) is 7.58. The van der Waals surface area contributed by atoms with Gasteiger partial charge in [0.1, 0.15) is 0 Å². The van der Waals surface area contributed by atoms with Gasteiger partial charge in [0.25, 0.3) is 6.43 Å². The van der Waals surface area contributed by atoms with E-state index in [1.807, 2.05) is 6.07 Å². The molecule has 0 aliphatic rings. The Morgan fingerprint density at radius 1 is 1.11 bits per heavy atom. The Labute approximate surface area is 123 Å². The first kappa shape index (κ1) is 14.6. The summed E-state index contributed by atoms with van der Waals surface area (Å²) >= 11 is 5.17. The zero-order chi connectivity index (χ0) is 13.7. The van der Waals surface area contributed by atoms with E-state index in [4.69, 9.17) is 0 Å². The number of benzene rings is 1. The predicted molar refractivity (Wildman–Crippen MR) is 78.8 cm³/mol. The van der Waals surface area contributed by atoms with E-state index in [9.17, 15) is 8.78 Å². The Balaban J connectivity index is 1.73. The fourth-order valence-electron chi connectivity index (χ4n) is 1.71. The van der Waals surface area contributed by atoms with Crippen molar-refractivity contribution in [3.63, 3.8) is 0 Å². The minimum Gasteiger partial charge on any atom is -0.312 e. The average molecular weight is 346 g/mol. The fourth-order valence-corrected chi connectivity index (χ4v) is 3.19. The number of rotatable bonds is 6. The normalized spacial score (nSPS) is 11.2. The molecule has 0 saturated heterocycles. The largest absolute Gasteiger partial charge is 0.312 e. The third-order valence-electron chi connectivity index (χ3n) is 2.74. The van der Waals surface area contributed by atoms with Crippen LogP contribution < -0.4 is 5.32 Å². The van der Waals surface area contributed by atoms with E-state index in [1.165, 1.54) is 17.0 Å². The van der Waals surface area contributed by atoms with Crippen LogP contribution in [0.25, 0.3) is 0 Å². The molecule has 0 saturated carbocycles. The van der Waals surface area contributed by atoms with Crippen LogP contribution in [-0.2, 0) is 13.0 Å². The van der Waals surface area contributed by atoms with Crippen LogP contribution in [0.2, 0.25) is 0 Å². The van der Waals surface area contributed by atoms with Crippen molar-refractivity contribution in [2.45, 2.75) is 19.4 Å². The topological polar surface area (TPSA) is 12.0 Å². The maximum atomic E-state index is 12.4. The summed E-state index contributed by atoms with van der Waals surface area (Å²) in [5.74, 6) is 0. The lowest BCUT2D eigenvalue weighted by Gasteiger charge is -2.05. The highest BCUT2D eigenvalue weighted by atomic mass is 79.9. The molecule has 0 fully saturated rings. The molecule has 0 bridgehead atoms. The highest BCUT2D eigenvalue weighted by Gasteiger charge is 2.05. The van der Waals surface area contributed by atoms with Gasteiger partial charge in [-0.25, -0.2) is 8.78 Å². The fraction of sp³-hybridized carbons (Fsp3) is 0.286. The standard InChI is InChI=1S/C14H14BrF2NS/c15-13-6-5-12(19-13)7-8-18-9-10-1-3-11(4-2-10)14(16)17/h1-6,14,18H,7-9H2. The summed E-state index contributed by atoms with van der Waals surface area (Å²) in [5.41, 5.74) is 1.10. The van der Waals surface area contributed by atoms with E-state index in [1.54, 1.807) is 23.5 Å². The molecule has 1 aromatic heterocycles. The zero-order valence-electron chi connectivity index (χ0n) is 10.2. The molecule has 102 valence electrons. The second-order valence-corrected chi connectivity index (χ2v) is 6.72. The molecular weight excluding hydrogens is 332 g/mol. The van der Waals surface area contributed by atoms with Crippen LogP contribution in [0, 0.1) is 0 Å². The second kappa shape index (κ2) is 7.12. The van der Waals surface area contributed by atoms with Crippen molar-refractivity contribution < 1.29 is 8.78 Å². The van der Waals surface area contributed by atoms with Gasteiger partial charge in [0.2, 0.25) is 0 Å². The predicted octanol–water partition coefficient (Wildman–Crippen LogP) is 4.78. The van der Waals surface area contributed by atoms with Crippen LogP contribution in [0.5, 0.6) is 0 Å². The Kier molecular flexibility index (Phi) is 5.48. The van der Waals surface area contributed by atoms with Crippen LogP contribution in [0.15, 0.2) is 40.2 Å². The quantitative estimate of drug-likeness (QED) is 0.743. The molecule has 2 aromatic rings. The van der Waals surface area contributed by atoms with Gasteiger partial charge >= 0.3 is 0 Å². The third-order valence-corrected chi connectivity index (χ3v) is 4.42. The number of alkyl halides is 2. The van der Waals surface area contributed by atoms with Gasteiger partial charge in [0, 0.05) is 23.5 Å². The van der Waals surface area contributed by atoms with Crippen LogP contribution in [0.3, 0.4) is 0 Å². The molecule has 2 rings (SSSR count). The molecule has 0 aliphatic heterocycles. The van der Waals surface area contributed by atoms with Gasteiger partial charge in [-0.15, -0.1) is 11.3 Å². The molecule has 0 amide bonds. The Morgan fingerprint density at radius 3 is 2.42 bits per heavy atom. The van der Waals surface area contributed by atoms with E-state index in [2.05, 4.69) is 27.3 Å². The number of hydrogen-bond donors (Lipinski definition) is 1. The van der Waals surface area contributed by atoms with Gasteiger partial charge < -0.3 is 5.32 Å². The molecular formula is C14H14BrF2NS. The summed E-state index contributed by atoms with van der Waals surface area (Å²) in [4.78, 5) is 1.33. The van der Waals surface area contributed by atoms with Crippen LogP contribution >= 0.6 is 27.3 Å². The maximum Gasteiger partial charge on any atom is 0.263 e. The van der Waals surface area contributed by atoms with E-state index in [-0.39, 0.29) is 5.56 Å². The van der Waals surface area contributed by atoms with Gasteiger partial charge in [0.15, 0.2) is 0 Å². The van der Waals surface area contributed by atoms with Crippen molar-refractivity contribution in [2.75, 3.05) is 6.54 Å². The van der Waals surface area contributed by atoms with E-state index in [0.29, 0.717) is 6.54 Å². The third kappa shape index (κ3) is 4.67. The average Bonchev–Trinajstić information content (AvgIpc) is 2.81. The second-order valence-electron chi connectivity index (χ2n) is 4.17. The lowest BCUT2D eigenvalue weighted by molar-refractivity contribution is 0.151. The van der Waals surface area contributed by atoms with Crippen LogP contribution in [0.4, 0.5) is 8.78 Å². The number of thiophene rings is 1. The molecule has 5 heteroatoms. The Bertz CT molecular complexity index is 510.